The Bertz CT molecular complexity index is 1040. The topological polar surface area (TPSA) is 57.9 Å². The first-order valence-electron chi connectivity index (χ1n) is 9.54. The van der Waals surface area contributed by atoms with Crippen LogP contribution < -0.4 is 10.5 Å². The molecule has 146 valence electrons. The number of aromatic nitrogens is 2. The molecule has 1 amide bonds. The van der Waals surface area contributed by atoms with E-state index >= 15 is 0 Å². The van der Waals surface area contributed by atoms with E-state index in [1.165, 1.54) is 16.2 Å². The normalized spacial score (nSPS) is 20.0. The number of carbonyl (C=O) groups excluding carboxylic acids is 1. The van der Waals surface area contributed by atoms with Crippen LogP contribution in [-0.4, -0.2) is 43.6 Å². The molecule has 2 saturated heterocycles. The number of nitrogens with zero attached hydrogens (tertiary/aromatic N) is 4. The van der Waals surface area contributed by atoms with Crippen LogP contribution in [-0.2, 0) is 4.79 Å². The number of fused-ring (bicyclic) bond motifs is 1. The van der Waals surface area contributed by atoms with Gasteiger partial charge >= 0.3 is 0 Å². The van der Waals surface area contributed by atoms with Gasteiger partial charge < -0.3 is 4.90 Å². The first-order valence-corrected chi connectivity index (χ1v) is 10.8. The Morgan fingerprint density at radius 1 is 1.29 bits per heavy atom. The molecule has 6 nitrogen and oxygen atoms in total. The van der Waals surface area contributed by atoms with Crippen LogP contribution in [0.1, 0.15) is 38.7 Å². The summed E-state index contributed by atoms with van der Waals surface area (Å²) in [5, 5.41) is 0. The number of pyridine rings is 1. The lowest BCUT2D eigenvalue weighted by Gasteiger charge is -2.21. The van der Waals surface area contributed by atoms with Gasteiger partial charge in [0.25, 0.3) is 11.5 Å². The van der Waals surface area contributed by atoms with Crippen LogP contribution in [0.4, 0.5) is 5.82 Å². The summed E-state index contributed by atoms with van der Waals surface area (Å²) in [7, 11) is 0. The maximum atomic E-state index is 13.2. The predicted octanol–water partition coefficient (Wildman–Crippen LogP) is 3.29. The van der Waals surface area contributed by atoms with Crippen molar-refractivity contribution in [1.82, 2.24) is 14.3 Å². The fourth-order valence-corrected chi connectivity index (χ4v) is 5.00. The van der Waals surface area contributed by atoms with Crippen LogP contribution in [0.5, 0.6) is 0 Å². The molecule has 0 spiro atoms. The number of carbonyl (C=O) groups is 1. The molecule has 4 rings (SSSR count). The molecular formula is C20H22N4O2S2. The first kappa shape index (κ1) is 19.1. The van der Waals surface area contributed by atoms with E-state index in [0.717, 1.165) is 32.4 Å². The standard InChI is InChI=1S/C20H22N4O2S2/c1-3-13(2)24-19(26)15(28-20(24)27)12-14-17(22-9-6-7-10-22)21-16-8-4-5-11-23(16)18(14)25/h4-5,8,11-13H,3,6-7,9-10H2,1-2H3/b15-12-/t13-/m0/s1. The van der Waals surface area contributed by atoms with Crippen LogP contribution in [0, 0.1) is 0 Å². The van der Waals surface area contributed by atoms with Crippen LogP contribution in [0.3, 0.4) is 0 Å². The molecule has 2 aromatic heterocycles. The van der Waals surface area contributed by atoms with Crippen LogP contribution in [0.15, 0.2) is 34.1 Å². The van der Waals surface area contributed by atoms with Crippen LogP contribution in [0.25, 0.3) is 11.7 Å². The number of hydrogen-bond donors (Lipinski definition) is 0. The molecule has 2 aliphatic rings. The van der Waals surface area contributed by atoms with Gasteiger partial charge in [0.05, 0.1) is 10.5 Å². The highest BCUT2D eigenvalue weighted by Crippen LogP contribution is 2.35. The van der Waals surface area contributed by atoms with Crippen LogP contribution >= 0.6 is 24.0 Å². The largest absolute Gasteiger partial charge is 0.356 e. The van der Waals surface area contributed by atoms with Crippen molar-refractivity contribution in [2.24, 2.45) is 0 Å². The van der Waals surface area contributed by atoms with E-state index in [-0.39, 0.29) is 17.5 Å². The Hall–Kier alpha value is -2.19. The molecule has 0 unspecified atom stereocenters. The molecule has 2 aromatic rings. The minimum Gasteiger partial charge on any atom is -0.356 e. The van der Waals surface area contributed by atoms with Gasteiger partial charge in [-0.3, -0.25) is 18.9 Å². The summed E-state index contributed by atoms with van der Waals surface area (Å²) in [4.78, 5) is 35.2. The van der Waals surface area contributed by atoms with E-state index in [1.54, 1.807) is 23.2 Å². The van der Waals surface area contributed by atoms with E-state index < -0.39 is 0 Å². The van der Waals surface area contributed by atoms with Crippen molar-refractivity contribution < 1.29 is 4.79 Å². The summed E-state index contributed by atoms with van der Waals surface area (Å²) in [6.45, 7) is 5.74. The molecule has 2 fully saturated rings. The highest BCUT2D eigenvalue weighted by atomic mass is 32.2. The minimum absolute atomic E-state index is 0.0345. The van der Waals surface area contributed by atoms with E-state index in [2.05, 4.69) is 4.90 Å². The van der Waals surface area contributed by atoms with Gasteiger partial charge in [0.2, 0.25) is 0 Å². The third kappa shape index (κ3) is 3.24. The Morgan fingerprint density at radius 3 is 2.75 bits per heavy atom. The SMILES string of the molecule is CC[C@H](C)N1C(=O)/C(=C/c2c(N3CCCC3)nc3ccccn3c2=O)SC1=S. The van der Waals surface area contributed by atoms with Gasteiger partial charge in [0.15, 0.2) is 0 Å². The maximum absolute atomic E-state index is 13.2. The second-order valence-electron chi connectivity index (χ2n) is 7.09. The van der Waals surface area contributed by atoms with Gasteiger partial charge in [-0.1, -0.05) is 37.0 Å². The zero-order valence-electron chi connectivity index (χ0n) is 15.9. The van der Waals surface area contributed by atoms with Gasteiger partial charge in [0.1, 0.15) is 15.8 Å². The third-order valence-electron chi connectivity index (χ3n) is 5.29. The number of thiocarbonyl (C=S) groups is 1. The van der Waals surface area contributed by atoms with Gasteiger partial charge in [-0.25, -0.2) is 4.98 Å². The summed E-state index contributed by atoms with van der Waals surface area (Å²) >= 11 is 6.68. The average molecular weight is 415 g/mol. The van der Waals surface area contributed by atoms with Gasteiger partial charge in [-0.2, -0.15) is 0 Å². The molecule has 8 heteroatoms. The highest BCUT2D eigenvalue weighted by molar-refractivity contribution is 8.26. The Kier molecular flexibility index (Phi) is 5.25. The summed E-state index contributed by atoms with van der Waals surface area (Å²) in [6.07, 6.45) is 6.36. The number of amides is 1. The summed E-state index contributed by atoms with van der Waals surface area (Å²) in [6, 6.07) is 5.53. The second-order valence-corrected chi connectivity index (χ2v) is 8.76. The monoisotopic (exact) mass is 414 g/mol. The quantitative estimate of drug-likeness (QED) is 0.565. The Labute approximate surface area is 173 Å². The molecule has 28 heavy (non-hydrogen) atoms. The van der Waals surface area contributed by atoms with E-state index in [0.29, 0.717) is 26.3 Å². The molecule has 0 radical (unpaired) electrons. The van der Waals surface area contributed by atoms with Crippen molar-refractivity contribution in [3.63, 3.8) is 0 Å². The molecule has 0 bridgehead atoms. The van der Waals surface area contributed by atoms with Crippen molar-refractivity contribution in [3.8, 4) is 0 Å². The Balaban J connectivity index is 1.86. The van der Waals surface area contributed by atoms with Crippen molar-refractivity contribution in [2.45, 2.75) is 39.2 Å². The van der Waals surface area contributed by atoms with Gasteiger partial charge in [-0.05, 0) is 44.4 Å². The predicted molar refractivity (Wildman–Crippen MR) is 118 cm³/mol. The summed E-state index contributed by atoms with van der Waals surface area (Å²) in [5.74, 6) is 0.525. The van der Waals surface area contributed by atoms with Crippen LogP contribution in [0.2, 0.25) is 0 Å². The molecule has 0 aliphatic carbocycles. The second kappa shape index (κ2) is 7.67. The number of anilines is 1. The molecule has 2 aliphatic heterocycles. The molecule has 0 N–H and O–H groups in total. The smallest absolute Gasteiger partial charge is 0.267 e. The first-order chi connectivity index (χ1) is 13.5. The van der Waals surface area contributed by atoms with Crippen molar-refractivity contribution in [3.05, 3.63) is 45.2 Å². The molecule has 4 heterocycles. The zero-order valence-corrected chi connectivity index (χ0v) is 17.6. The van der Waals surface area contributed by atoms with Crippen molar-refractivity contribution in [2.75, 3.05) is 18.0 Å². The van der Waals surface area contributed by atoms with Crippen molar-refractivity contribution >= 4 is 51.7 Å². The lowest BCUT2D eigenvalue weighted by molar-refractivity contribution is -0.123. The third-order valence-corrected chi connectivity index (χ3v) is 6.62. The lowest BCUT2D eigenvalue weighted by Crippen LogP contribution is -2.36. The fourth-order valence-electron chi connectivity index (χ4n) is 3.56. The minimum atomic E-state index is -0.165. The van der Waals surface area contributed by atoms with E-state index in [1.807, 2.05) is 26.0 Å². The van der Waals surface area contributed by atoms with Gasteiger partial charge in [-0.15, -0.1) is 0 Å². The lowest BCUT2D eigenvalue weighted by atomic mass is 10.2. The number of thioether (sulfide) groups is 1. The fraction of sp³-hybridized carbons (Fsp3) is 0.400. The summed E-state index contributed by atoms with van der Waals surface area (Å²) < 4.78 is 2.07. The number of rotatable bonds is 4. The van der Waals surface area contributed by atoms with E-state index in [4.69, 9.17) is 17.2 Å². The van der Waals surface area contributed by atoms with E-state index in [9.17, 15) is 9.59 Å². The zero-order chi connectivity index (χ0) is 19.8. The molecule has 0 saturated carbocycles. The molecule has 1 atom stereocenters. The average Bonchev–Trinajstić information content (AvgIpc) is 3.32. The Morgan fingerprint density at radius 2 is 2.04 bits per heavy atom. The summed E-state index contributed by atoms with van der Waals surface area (Å²) in [5.41, 5.74) is 0.898. The van der Waals surface area contributed by atoms with Crippen molar-refractivity contribution in [1.29, 1.82) is 0 Å². The highest BCUT2D eigenvalue weighted by Gasteiger charge is 2.35. The number of hydrogen-bond acceptors (Lipinski definition) is 6. The van der Waals surface area contributed by atoms with Gasteiger partial charge in [0, 0.05) is 25.3 Å². The molecular weight excluding hydrogens is 392 g/mol. The molecule has 0 aromatic carbocycles. The maximum Gasteiger partial charge on any atom is 0.267 e.